The minimum absolute atomic E-state index is 0.00368. The molecule has 0 radical (unpaired) electrons. The van der Waals surface area contributed by atoms with Crippen LogP contribution < -0.4 is 5.32 Å². The van der Waals surface area contributed by atoms with Crippen LogP contribution in [0.1, 0.15) is 46.5 Å². The number of carbonyl (C=O) groups excluding carboxylic acids is 1. The molecule has 0 aromatic rings. The van der Waals surface area contributed by atoms with Crippen LogP contribution in [0.15, 0.2) is 0 Å². The molecule has 1 fully saturated rings. The van der Waals surface area contributed by atoms with E-state index in [1.165, 1.54) is 0 Å². The van der Waals surface area contributed by atoms with Crippen molar-refractivity contribution in [2.75, 3.05) is 13.1 Å². The van der Waals surface area contributed by atoms with E-state index < -0.39 is 11.5 Å². The van der Waals surface area contributed by atoms with Crippen LogP contribution in [0.4, 0.5) is 0 Å². The average molecular weight is 256 g/mol. The highest BCUT2D eigenvalue weighted by Gasteiger charge is 2.42. The number of aliphatic carboxylic acids is 1. The van der Waals surface area contributed by atoms with Crippen molar-refractivity contribution in [2.45, 2.75) is 58.0 Å². The first-order chi connectivity index (χ1) is 8.43. The fourth-order valence-corrected chi connectivity index (χ4v) is 2.53. The summed E-state index contributed by atoms with van der Waals surface area (Å²) < 4.78 is 0. The Morgan fingerprint density at radius 2 is 2.11 bits per heavy atom. The maximum atomic E-state index is 12.6. The molecule has 1 rings (SSSR count). The quantitative estimate of drug-likeness (QED) is 0.750. The van der Waals surface area contributed by atoms with Gasteiger partial charge in [0.25, 0.3) is 0 Å². The van der Waals surface area contributed by atoms with Gasteiger partial charge in [-0.25, -0.2) is 0 Å². The van der Waals surface area contributed by atoms with Gasteiger partial charge in [-0.1, -0.05) is 6.92 Å². The highest BCUT2D eigenvalue weighted by molar-refractivity contribution is 5.87. The summed E-state index contributed by atoms with van der Waals surface area (Å²) in [4.78, 5) is 25.0. The van der Waals surface area contributed by atoms with Gasteiger partial charge in [-0.2, -0.15) is 0 Å². The predicted molar refractivity (Wildman–Crippen MR) is 69.4 cm³/mol. The van der Waals surface area contributed by atoms with Crippen molar-refractivity contribution >= 4 is 11.9 Å². The molecule has 1 aliphatic rings. The van der Waals surface area contributed by atoms with E-state index in [4.69, 9.17) is 5.11 Å². The Morgan fingerprint density at radius 1 is 1.44 bits per heavy atom. The van der Waals surface area contributed by atoms with E-state index in [1.807, 2.05) is 20.8 Å². The van der Waals surface area contributed by atoms with E-state index in [2.05, 4.69) is 5.32 Å². The van der Waals surface area contributed by atoms with Gasteiger partial charge in [0.05, 0.1) is 12.0 Å². The second-order valence-corrected chi connectivity index (χ2v) is 5.20. The monoisotopic (exact) mass is 256 g/mol. The Morgan fingerprint density at radius 3 is 2.50 bits per heavy atom. The first kappa shape index (κ1) is 15.0. The van der Waals surface area contributed by atoms with E-state index in [0.29, 0.717) is 0 Å². The predicted octanol–water partition coefficient (Wildman–Crippen LogP) is 1.23. The van der Waals surface area contributed by atoms with Gasteiger partial charge in [-0.3, -0.25) is 9.59 Å². The molecule has 1 amide bonds. The molecule has 0 aromatic heterocycles. The van der Waals surface area contributed by atoms with Crippen molar-refractivity contribution in [3.8, 4) is 0 Å². The third kappa shape index (κ3) is 3.22. The number of hydrogen-bond donors (Lipinski definition) is 2. The Bertz CT molecular complexity index is 309. The molecule has 1 saturated heterocycles. The lowest BCUT2D eigenvalue weighted by atomic mass is 9.91. The zero-order valence-corrected chi connectivity index (χ0v) is 11.5. The first-order valence-electron chi connectivity index (χ1n) is 6.71. The maximum absolute atomic E-state index is 12.6. The van der Waals surface area contributed by atoms with E-state index in [9.17, 15) is 9.59 Å². The van der Waals surface area contributed by atoms with Crippen LogP contribution in [-0.4, -0.2) is 46.6 Å². The summed E-state index contributed by atoms with van der Waals surface area (Å²) in [7, 11) is 0. The summed E-state index contributed by atoms with van der Waals surface area (Å²) in [5.41, 5.74) is -0.469. The van der Waals surface area contributed by atoms with Crippen molar-refractivity contribution in [2.24, 2.45) is 0 Å². The lowest BCUT2D eigenvalue weighted by molar-refractivity contribution is -0.142. The van der Waals surface area contributed by atoms with Crippen molar-refractivity contribution in [3.05, 3.63) is 0 Å². The first-order valence-corrected chi connectivity index (χ1v) is 6.71. The summed E-state index contributed by atoms with van der Waals surface area (Å²) >= 11 is 0. The zero-order valence-electron chi connectivity index (χ0n) is 11.5. The topological polar surface area (TPSA) is 69.6 Å². The lowest BCUT2D eigenvalue weighted by Gasteiger charge is -2.36. The number of hydrogen-bond acceptors (Lipinski definition) is 3. The van der Waals surface area contributed by atoms with Crippen LogP contribution in [0.5, 0.6) is 0 Å². The van der Waals surface area contributed by atoms with Crippen molar-refractivity contribution in [1.82, 2.24) is 10.2 Å². The van der Waals surface area contributed by atoms with E-state index in [0.717, 1.165) is 25.8 Å². The highest BCUT2D eigenvalue weighted by Crippen LogP contribution is 2.26. The number of amides is 1. The largest absolute Gasteiger partial charge is 0.481 e. The fraction of sp³-hybridized carbons (Fsp3) is 0.846. The molecule has 0 aliphatic carbocycles. The Kier molecular flexibility index (Phi) is 5.14. The van der Waals surface area contributed by atoms with Gasteiger partial charge in [0.1, 0.15) is 0 Å². The number of rotatable bonds is 6. The van der Waals surface area contributed by atoms with Crippen LogP contribution in [0.25, 0.3) is 0 Å². The number of carbonyl (C=O) groups is 2. The summed E-state index contributed by atoms with van der Waals surface area (Å²) in [6.07, 6.45) is 2.61. The third-order valence-electron chi connectivity index (χ3n) is 3.71. The zero-order chi connectivity index (χ0) is 13.8. The molecule has 1 aliphatic heterocycles. The molecule has 2 N–H and O–H groups in total. The molecule has 104 valence electrons. The number of nitrogens with zero attached hydrogens (tertiary/aromatic N) is 1. The Hall–Kier alpha value is -1.10. The normalized spacial score (nSPS) is 23.3. The molecule has 1 atom stereocenters. The molecule has 0 spiro atoms. The minimum Gasteiger partial charge on any atom is -0.481 e. The number of carboxylic acids is 1. The maximum Gasteiger partial charge on any atom is 0.305 e. The van der Waals surface area contributed by atoms with Gasteiger partial charge in [0.15, 0.2) is 0 Å². The van der Waals surface area contributed by atoms with Gasteiger partial charge >= 0.3 is 5.97 Å². The molecule has 0 aromatic carbocycles. The molecular weight excluding hydrogens is 232 g/mol. The fourth-order valence-electron chi connectivity index (χ4n) is 2.53. The van der Waals surface area contributed by atoms with Crippen LogP contribution in [0, 0.1) is 0 Å². The summed E-state index contributed by atoms with van der Waals surface area (Å²) in [5, 5.41) is 12.1. The summed E-state index contributed by atoms with van der Waals surface area (Å²) in [5.74, 6) is -0.808. The Balaban J connectivity index is 2.78. The van der Waals surface area contributed by atoms with E-state index in [-0.39, 0.29) is 24.9 Å². The molecule has 5 heteroatoms. The van der Waals surface area contributed by atoms with Crippen LogP contribution in [-0.2, 0) is 9.59 Å². The highest BCUT2D eigenvalue weighted by atomic mass is 16.4. The second kappa shape index (κ2) is 6.18. The van der Waals surface area contributed by atoms with Gasteiger partial charge in [0, 0.05) is 12.6 Å². The van der Waals surface area contributed by atoms with Crippen molar-refractivity contribution in [1.29, 1.82) is 0 Å². The summed E-state index contributed by atoms with van der Waals surface area (Å²) in [6, 6.07) is 0.0303. The van der Waals surface area contributed by atoms with Crippen LogP contribution in [0.2, 0.25) is 0 Å². The number of carboxylic acid groups (broad SMARTS) is 1. The SMILES string of the molecule is CCC1(C(=O)N(CCC(=O)O)C(C)C)CCCN1. The second-order valence-electron chi connectivity index (χ2n) is 5.20. The van der Waals surface area contributed by atoms with E-state index >= 15 is 0 Å². The minimum atomic E-state index is -0.863. The molecule has 0 bridgehead atoms. The van der Waals surface area contributed by atoms with Gasteiger partial charge in [-0.15, -0.1) is 0 Å². The Labute approximate surface area is 109 Å². The molecule has 0 saturated carbocycles. The van der Waals surface area contributed by atoms with Crippen LogP contribution >= 0.6 is 0 Å². The lowest BCUT2D eigenvalue weighted by Crippen LogP contribution is -2.56. The third-order valence-corrected chi connectivity index (χ3v) is 3.71. The molecule has 18 heavy (non-hydrogen) atoms. The summed E-state index contributed by atoms with van der Waals surface area (Å²) in [6.45, 7) is 7.02. The van der Waals surface area contributed by atoms with E-state index in [1.54, 1.807) is 4.90 Å². The molecule has 5 nitrogen and oxygen atoms in total. The molecule has 1 unspecified atom stereocenters. The molecule has 1 heterocycles. The van der Waals surface area contributed by atoms with Crippen molar-refractivity contribution in [3.63, 3.8) is 0 Å². The standard InChI is InChI=1S/C13H24N2O3/c1-4-13(7-5-8-14-13)12(18)15(10(2)3)9-6-11(16)17/h10,14H,4-9H2,1-3H3,(H,16,17). The van der Waals surface area contributed by atoms with Crippen molar-refractivity contribution < 1.29 is 14.7 Å². The van der Waals surface area contributed by atoms with Gasteiger partial charge in [0.2, 0.25) is 5.91 Å². The van der Waals surface area contributed by atoms with Gasteiger partial charge < -0.3 is 15.3 Å². The number of nitrogens with one attached hydrogen (secondary N) is 1. The van der Waals surface area contributed by atoms with Crippen LogP contribution in [0.3, 0.4) is 0 Å². The molecular formula is C13H24N2O3. The smallest absolute Gasteiger partial charge is 0.305 e. The average Bonchev–Trinajstić information content (AvgIpc) is 2.77. The van der Waals surface area contributed by atoms with Gasteiger partial charge in [-0.05, 0) is 39.7 Å².